The predicted molar refractivity (Wildman–Crippen MR) is 74.7 cm³/mol. The van der Waals surface area contributed by atoms with Gasteiger partial charge >= 0.3 is 11.9 Å². The van der Waals surface area contributed by atoms with E-state index in [1.165, 1.54) is 6.08 Å². The van der Waals surface area contributed by atoms with E-state index >= 15 is 0 Å². The van der Waals surface area contributed by atoms with Gasteiger partial charge in [0.25, 0.3) is 0 Å². The predicted octanol–water partition coefficient (Wildman–Crippen LogP) is 2.99. The average molecular weight is 260 g/mol. The minimum Gasteiger partial charge on any atom is -0.478 e. The summed E-state index contributed by atoms with van der Waals surface area (Å²) in [6.07, 6.45) is 8.66. The van der Waals surface area contributed by atoms with E-state index in [0.29, 0.717) is 0 Å². The maximum Gasteiger partial charge on any atom is 0.328 e. The van der Waals surface area contributed by atoms with Crippen molar-refractivity contribution < 1.29 is 19.8 Å². The molecule has 4 nitrogen and oxygen atoms in total. The first-order valence-corrected chi connectivity index (χ1v) is 5.54. The summed E-state index contributed by atoms with van der Waals surface area (Å²) in [6, 6.07) is 9.31. The van der Waals surface area contributed by atoms with Gasteiger partial charge in [0.05, 0.1) is 0 Å². The summed E-state index contributed by atoms with van der Waals surface area (Å²) in [4.78, 5) is 19.8. The topological polar surface area (TPSA) is 74.6 Å². The number of allylic oxidation sites excluding steroid dienone is 3. The van der Waals surface area contributed by atoms with E-state index < -0.39 is 11.9 Å². The molecule has 0 heterocycles. The van der Waals surface area contributed by atoms with Crippen molar-refractivity contribution in [2.45, 2.75) is 6.92 Å². The number of hydrogen-bond donors (Lipinski definition) is 2. The number of benzene rings is 1. The van der Waals surface area contributed by atoms with Crippen molar-refractivity contribution in [2.75, 3.05) is 0 Å². The molecule has 0 aliphatic carbocycles. The zero-order valence-electron chi connectivity index (χ0n) is 10.6. The Hall–Kier alpha value is -2.62. The summed E-state index contributed by atoms with van der Waals surface area (Å²) >= 11 is 0. The smallest absolute Gasteiger partial charge is 0.328 e. The van der Waals surface area contributed by atoms with Crippen LogP contribution >= 0.6 is 0 Å². The highest BCUT2D eigenvalue weighted by atomic mass is 16.4. The van der Waals surface area contributed by atoms with Crippen molar-refractivity contribution in [1.82, 2.24) is 0 Å². The minimum atomic E-state index is -0.922. The Kier molecular flexibility index (Phi) is 9.08. The first kappa shape index (κ1) is 16.4. The van der Waals surface area contributed by atoms with Gasteiger partial charge in [-0.15, -0.1) is 0 Å². The molecule has 100 valence electrons. The summed E-state index contributed by atoms with van der Waals surface area (Å²) in [6.45, 7) is 1.83. The second-order valence-electron chi connectivity index (χ2n) is 3.31. The molecule has 1 aromatic rings. The van der Waals surface area contributed by atoms with Gasteiger partial charge in [0, 0.05) is 12.2 Å². The Morgan fingerprint density at radius 2 is 1.53 bits per heavy atom. The first-order chi connectivity index (χ1) is 9.06. The van der Waals surface area contributed by atoms with Gasteiger partial charge in [0.2, 0.25) is 0 Å². The van der Waals surface area contributed by atoms with Gasteiger partial charge in [0.1, 0.15) is 0 Å². The van der Waals surface area contributed by atoms with Crippen molar-refractivity contribution in [3.63, 3.8) is 0 Å². The molecule has 0 saturated carbocycles. The molecule has 0 unspecified atom stereocenters. The molecular formula is C15H16O4. The van der Waals surface area contributed by atoms with E-state index in [2.05, 4.69) is 0 Å². The monoisotopic (exact) mass is 260 g/mol. The molecule has 0 aliphatic rings. The quantitative estimate of drug-likeness (QED) is 0.644. The second kappa shape index (κ2) is 10.5. The largest absolute Gasteiger partial charge is 0.478 e. The van der Waals surface area contributed by atoms with Crippen LogP contribution in [0.25, 0.3) is 6.08 Å². The lowest BCUT2D eigenvalue weighted by atomic mass is 10.2. The van der Waals surface area contributed by atoms with Gasteiger partial charge in [0.15, 0.2) is 0 Å². The molecule has 0 spiro atoms. The van der Waals surface area contributed by atoms with Crippen molar-refractivity contribution >= 4 is 18.0 Å². The molecule has 0 radical (unpaired) electrons. The van der Waals surface area contributed by atoms with Crippen LogP contribution in [0.3, 0.4) is 0 Å². The summed E-state index contributed by atoms with van der Waals surface area (Å²) < 4.78 is 0. The maximum atomic E-state index is 10.1. The molecule has 0 amide bonds. The third-order valence-corrected chi connectivity index (χ3v) is 1.76. The normalized spacial score (nSPS) is 10.6. The molecule has 2 N–H and O–H groups in total. The number of carboxylic acid groups (broad SMARTS) is 2. The fraction of sp³-hybridized carbons (Fsp3) is 0.0667. The first-order valence-electron chi connectivity index (χ1n) is 5.54. The zero-order chi connectivity index (χ0) is 14.5. The number of hydrogen-bond acceptors (Lipinski definition) is 2. The standard InChI is InChI=1S/C9H8O2.C6H8O2/c10-9(11)7-6-8-4-2-1-3-5-8;1-2-3-4-5-6(7)8/h1-7H,(H,10,11);2-5H,1H3,(H,7,8)/b;3-2+,5-4+. The molecule has 0 bridgehead atoms. The van der Waals surface area contributed by atoms with Gasteiger partial charge in [-0.2, -0.15) is 0 Å². The van der Waals surface area contributed by atoms with Crippen molar-refractivity contribution in [2.24, 2.45) is 0 Å². The zero-order valence-corrected chi connectivity index (χ0v) is 10.6. The fourth-order valence-electron chi connectivity index (χ4n) is 0.981. The molecule has 0 aromatic heterocycles. The summed E-state index contributed by atoms with van der Waals surface area (Å²) in [5, 5.41) is 16.3. The Morgan fingerprint density at radius 1 is 0.947 bits per heavy atom. The van der Waals surface area contributed by atoms with E-state index in [4.69, 9.17) is 10.2 Å². The van der Waals surface area contributed by atoms with Crippen LogP contribution < -0.4 is 0 Å². The highest BCUT2D eigenvalue weighted by Crippen LogP contribution is 1.99. The molecule has 1 rings (SSSR count). The molecule has 0 atom stereocenters. The minimum absolute atomic E-state index is 0.898. The number of carboxylic acids is 2. The van der Waals surface area contributed by atoms with E-state index in [1.54, 1.807) is 18.2 Å². The Morgan fingerprint density at radius 3 is 2.00 bits per heavy atom. The van der Waals surface area contributed by atoms with Crippen LogP contribution in [0, 0.1) is 0 Å². The summed E-state index contributed by atoms with van der Waals surface area (Å²) in [5.74, 6) is -1.84. The van der Waals surface area contributed by atoms with Crippen LogP contribution in [0.5, 0.6) is 0 Å². The molecule has 19 heavy (non-hydrogen) atoms. The lowest BCUT2D eigenvalue weighted by molar-refractivity contribution is -0.132. The number of carbonyl (C=O) groups is 2. The number of rotatable bonds is 4. The van der Waals surface area contributed by atoms with Gasteiger partial charge in [-0.3, -0.25) is 0 Å². The molecule has 0 aliphatic heterocycles. The van der Waals surface area contributed by atoms with Crippen LogP contribution in [-0.4, -0.2) is 22.2 Å². The third-order valence-electron chi connectivity index (χ3n) is 1.76. The van der Waals surface area contributed by atoms with Crippen LogP contribution in [0.15, 0.2) is 60.7 Å². The van der Waals surface area contributed by atoms with E-state index in [1.807, 2.05) is 37.3 Å². The van der Waals surface area contributed by atoms with Gasteiger partial charge < -0.3 is 10.2 Å². The molecule has 1 aromatic carbocycles. The fourth-order valence-corrected chi connectivity index (χ4v) is 0.981. The Bertz CT molecular complexity index is 470. The van der Waals surface area contributed by atoms with Crippen LogP contribution in [0.2, 0.25) is 0 Å². The van der Waals surface area contributed by atoms with Crippen LogP contribution in [0.1, 0.15) is 12.5 Å². The van der Waals surface area contributed by atoms with Crippen LogP contribution in [-0.2, 0) is 9.59 Å². The number of aliphatic carboxylic acids is 2. The average Bonchev–Trinajstić information content (AvgIpc) is 2.38. The third kappa shape index (κ3) is 11.6. The highest BCUT2D eigenvalue weighted by Gasteiger charge is 1.86. The van der Waals surface area contributed by atoms with Crippen LogP contribution in [0.4, 0.5) is 0 Å². The van der Waals surface area contributed by atoms with E-state index in [9.17, 15) is 9.59 Å². The molecular weight excluding hydrogens is 244 g/mol. The lowest BCUT2D eigenvalue weighted by Gasteiger charge is -1.87. The lowest BCUT2D eigenvalue weighted by Crippen LogP contribution is -1.85. The highest BCUT2D eigenvalue weighted by molar-refractivity contribution is 5.85. The van der Waals surface area contributed by atoms with Crippen molar-refractivity contribution in [3.05, 3.63) is 66.3 Å². The van der Waals surface area contributed by atoms with Gasteiger partial charge in [-0.05, 0) is 18.6 Å². The summed E-state index contributed by atoms with van der Waals surface area (Å²) in [7, 11) is 0. The second-order valence-corrected chi connectivity index (χ2v) is 3.31. The van der Waals surface area contributed by atoms with Gasteiger partial charge in [-0.1, -0.05) is 48.6 Å². The maximum absolute atomic E-state index is 10.1. The van der Waals surface area contributed by atoms with Crippen molar-refractivity contribution in [3.8, 4) is 0 Å². The Balaban J connectivity index is 0.000000362. The van der Waals surface area contributed by atoms with Crippen molar-refractivity contribution in [1.29, 1.82) is 0 Å². The van der Waals surface area contributed by atoms with E-state index in [0.717, 1.165) is 17.7 Å². The molecule has 0 fully saturated rings. The molecule has 4 heteroatoms. The SMILES string of the molecule is C/C=C/C=C/C(=O)O.O=C(O)C=Cc1ccccc1. The van der Waals surface area contributed by atoms with Gasteiger partial charge in [-0.25, -0.2) is 9.59 Å². The Labute approximate surface area is 112 Å². The molecule has 0 saturated heterocycles. The van der Waals surface area contributed by atoms with E-state index in [-0.39, 0.29) is 0 Å². The summed E-state index contributed by atoms with van der Waals surface area (Å²) in [5.41, 5.74) is 0.898.